The molecule has 0 saturated heterocycles. The number of hydrogen-bond acceptors (Lipinski definition) is 4. The van der Waals surface area contributed by atoms with E-state index < -0.39 is 0 Å². The molecule has 5 heteroatoms. The number of nitrogens with zero attached hydrogens (tertiary/aromatic N) is 3. The zero-order valence-corrected chi connectivity index (χ0v) is 13.3. The number of rotatable bonds is 5. The predicted octanol–water partition coefficient (Wildman–Crippen LogP) is 4.50. The van der Waals surface area contributed by atoms with Crippen LogP contribution in [-0.2, 0) is 0 Å². The summed E-state index contributed by atoms with van der Waals surface area (Å²) in [5.74, 6) is 0.882. The number of para-hydroxylation sites is 1. The van der Waals surface area contributed by atoms with Crippen LogP contribution in [0.25, 0.3) is 11.2 Å². The van der Waals surface area contributed by atoms with Gasteiger partial charge in [-0.05, 0) is 36.8 Å². The Balaban J connectivity index is 2.09. The molecule has 2 heterocycles. The van der Waals surface area contributed by atoms with Gasteiger partial charge in [0.1, 0.15) is 11.6 Å². The molecule has 0 aliphatic heterocycles. The maximum absolute atomic E-state index is 9.74. The lowest BCUT2D eigenvalue weighted by Gasteiger charge is -2.11. The molecule has 0 amide bonds. The number of nitrogens with one attached hydrogen (secondary N) is 1. The predicted molar refractivity (Wildman–Crippen MR) is 97.3 cm³/mol. The van der Waals surface area contributed by atoms with E-state index in [-0.39, 0.29) is 5.76 Å². The van der Waals surface area contributed by atoms with Gasteiger partial charge in [0, 0.05) is 17.8 Å². The van der Waals surface area contributed by atoms with Crippen molar-refractivity contribution in [1.82, 2.24) is 14.6 Å². The van der Waals surface area contributed by atoms with Crippen molar-refractivity contribution in [2.24, 2.45) is 0 Å². The van der Waals surface area contributed by atoms with Gasteiger partial charge in [-0.2, -0.15) is 9.61 Å². The summed E-state index contributed by atoms with van der Waals surface area (Å²) in [5, 5.41) is 17.4. The summed E-state index contributed by atoms with van der Waals surface area (Å²) in [6, 6.07) is 13.6. The molecule has 0 radical (unpaired) electrons. The van der Waals surface area contributed by atoms with Crippen molar-refractivity contribution in [1.29, 1.82) is 0 Å². The maximum Gasteiger partial charge on any atom is 0.157 e. The third-order valence-electron chi connectivity index (χ3n) is 3.52. The average molecular weight is 318 g/mol. The Bertz CT molecular complexity index is 923. The Labute approximate surface area is 140 Å². The molecule has 2 N–H and O–H groups in total. The van der Waals surface area contributed by atoms with E-state index >= 15 is 0 Å². The lowest BCUT2D eigenvalue weighted by atomic mass is 10.1. The zero-order valence-electron chi connectivity index (χ0n) is 13.3. The molecule has 0 fully saturated rings. The van der Waals surface area contributed by atoms with E-state index in [1.165, 1.54) is 6.08 Å². The molecule has 2 aromatic heterocycles. The van der Waals surface area contributed by atoms with Gasteiger partial charge in [-0.1, -0.05) is 30.9 Å². The quantitative estimate of drug-likeness (QED) is 0.537. The lowest BCUT2D eigenvalue weighted by molar-refractivity contribution is 0.433. The number of fused-ring (bicyclic) bond motifs is 1. The van der Waals surface area contributed by atoms with E-state index in [9.17, 15) is 5.11 Å². The van der Waals surface area contributed by atoms with Crippen LogP contribution in [0.4, 0.5) is 11.5 Å². The second-order valence-corrected chi connectivity index (χ2v) is 5.14. The van der Waals surface area contributed by atoms with Gasteiger partial charge in [0.25, 0.3) is 0 Å². The second kappa shape index (κ2) is 6.83. The van der Waals surface area contributed by atoms with Crippen LogP contribution in [0.15, 0.2) is 79.2 Å². The molecule has 5 nitrogen and oxygen atoms in total. The third kappa shape index (κ3) is 3.20. The first-order chi connectivity index (χ1) is 11.7. The fourth-order valence-corrected chi connectivity index (χ4v) is 2.34. The molecule has 0 aliphatic carbocycles. The lowest BCUT2D eigenvalue weighted by Crippen LogP contribution is -2.03. The Morgan fingerprint density at radius 2 is 2.04 bits per heavy atom. The summed E-state index contributed by atoms with van der Waals surface area (Å²) in [6.07, 6.45) is 6.62. The summed E-state index contributed by atoms with van der Waals surface area (Å²) in [6.45, 7) is 5.46. The van der Waals surface area contributed by atoms with Crippen LogP contribution in [0.3, 0.4) is 0 Å². The summed E-state index contributed by atoms with van der Waals surface area (Å²) < 4.78 is 1.74. The van der Waals surface area contributed by atoms with Crippen molar-refractivity contribution in [3.05, 3.63) is 84.9 Å². The van der Waals surface area contributed by atoms with Crippen molar-refractivity contribution < 1.29 is 5.11 Å². The van der Waals surface area contributed by atoms with Crippen LogP contribution >= 0.6 is 0 Å². The molecular weight excluding hydrogens is 300 g/mol. The number of aliphatic hydroxyl groups excluding tert-OH is 1. The summed E-state index contributed by atoms with van der Waals surface area (Å²) >= 11 is 0. The van der Waals surface area contributed by atoms with E-state index in [0.29, 0.717) is 0 Å². The summed E-state index contributed by atoms with van der Waals surface area (Å²) in [4.78, 5) is 4.60. The Morgan fingerprint density at radius 3 is 2.75 bits per heavy atom. The molecule has 0 saturated carbocycles. The minimum absolute atomic E-state index is 0.0934. The molecule has 120 valence electrons. The molecule has 3 aromatic rings. The first kappa shape index (κ1) is 15.6. The van der Waals surface area contributed by atoms with Gasteiger partial charge in [-0.15, -0.1) is 0 Å². The second-order valence-electron chi connectivity index (χ2n) is 5.14. The minimum atomic E-state index is 0.0934. The number of allylic oxidation sites excluding steroid dienone is 4. The highest BCUT2D eigenvalue weighted by Crippen LogP contribution is 2.23. The molecule has 0 bridgehead atoms. The van der Waals surface area contributed by atoms with Crippen LogP contribution in [0.5, 0.6) is 0 Å². The number of aliphatic hydroxyl groups is 1. The standard InChI is InChI=1S/C19H18N4O/c1-3-14(12-16(24)4-2)17-13-19(21-15-8-6-5-7-9-15)23-18(22-17)10-11-20-23/h3-13,21,24H,2H2,1H3/b14-3+,16-12+. The summed E-state index contributed by atoms with van der Waals surface area (Å²) in [7, 11) is 0. The van der Waals surface area contributed by atoms with Crippen LogP contribution in [0.2, 0.25) is 0 Å². The van der Waals surface area contributed by atoms with Gasteiger partial charge in [0.15, 0.2) is 5.65 Å². The Morgan fingerprint density at radius 1 is 1.25 bits per heavy atom. The largest absolute Gasteiger partial charge is 0.508 e. The third-order valence-corrected chi connectivity index (χ3v) is 3.52. The normalized spacial score (nSPS) is 12.4. The smallest absolute Gasteiger partial charge is 0.157 e. The molecule has 0 unspecified atom stereocenters. The first-order valence-electron chi connectivity index (χ1n) is 7.58. The monoisotopic (exact) mass is 318 g/mol. The van der Waals surface area contributed by atoms with E-state index in [4.69, 9.17) is 0 Å². The number of anilines is 2. The molecule has 0 spiro atoms. The van der Waals surface area contributed by atoms with E-state index in [2.05, 4.69) is 22.0 Å². The Kier molecular flexibility index (Phi) is 4.43. The van der Waals surface area contributed by atoms with Gasteiger partial charge in [-0.25, -0.2) is 4.98 Å². The number of hydrogen-bond donors (Lipinski definition) is 2. The van der Waals surface area contributed by atoms with Gasteiger partial charge in [-0.3, -0.25) is 0 Å². The van der Waals surface area contributed by atoms with Crippen molar-refractivity contribution in [3.63, 3.8) is 0 Å². The SMILES string of the molecule is C=C/C(O)=C\C(=C/C)c1cc(Nc2ccccc2)n2nccc2n1. The molecule has 24 heavy (non-hydrogen) atoms. The van der Waals surface area contributed by atoms with Crippen molar-refractivity contribution in [2.45, 2.75) is 6.92 Å². The van der Waals surface area contributed by atoms with Gasteiger partial charge in [0.2, 0.25) is 0 Å². The summed E-state index contributed by atoms with van der Waals surface area (Å²) in [5.41, 5.74) is 3.21. The van der Waals surface area contributed by atoms with Gasteiger partial charge in [0.05, 0.1) is 11.9 Å². The van der Waals surface area contributed by atoms with Crippen LogP contribution in [0.1, 0.15) is 12.6 Å². The minimum Gasteiger partial charge on any atom is -0.508 e. The van der Waals surface area contributed by atoms with Gasteiger partial charge < -0.3 is 10.4 Å². The van der Waals surface area contributed by atoms with Crippen LogP contribution in [0, 0.1) is 0 Å². The maximum atomic E-state index is 9.74. The van der Waals surface area contributed by atoms with Crippen molar-refractivity contribution in [3.8, 4) is 0 Å². The number of aromatic nitrogens is 3. The highest BCUT2D eigenvalue weighted by atomic mass is 16.3. The van der Waals surface area contributed by atoms with Crippen molar-refractivity contribution >= 4 is 22.7 Å². The molecule has 0 atom stereocenters. The highest BCUT2D eigenvalue weighted by Gasteiger charge is 2.09. The van der Waals surface area contributed by atoms with Crippen LogP contribution < -0.4 is 5.32 Å². The average Bonchev–Trinajstić information content (AvgIpc) is 3.09. The molecule has 3 rings (SSSR count). The van der Waals surface area contributed by atoms with E-state index in [0.717, 1.165) is 28.4 Å². The number of benzene rings is 1. The van der Waals surface area contributed by atoms with Crippen molar-refractivity contribution in [2.75, 3.05) is 5.32 Å². The zero-order chi connectivity index (χ0) is 16.9. The fraction of sp³-hybridized carbons (Fsp3) is 0.0526. The van der Waals surface area contributed by atoms with Gasteiger partial charge >= 0.3 is 0 Å². The van der Waals surface area contributed by atoms with E-state index in [1.54, 1.807) is 16.8 Å². The van der Waals surface area contributed by atoms with Crippen LogP contribution in [-0.4, -0.2) is 19.7 Å². The molecular formula is C19H18N4O. The highest BCUT2D eigenvalue weighted by molar-refractivity contribution is 5.76. The molecule has 1 aromatic carbocycles. The fourth-order valence-electron chi connectivity index (χ4n) is 2.34. The molecule has 0 aliphatic rings. The topological polar surface area (TPSA) is 62.5 Å². The first-order valence-corrected chi connectivity index (χ1v) is 7.58. The van der Waals surface area contributed by atoms with E-state index in [1.807, 2.05) is 55.5 Å². The Hall–Kier alpha value is -3.34.